The number of anilines is 1. The molecule has 5 heteroatoms. The van der Waals surface area contributed by atoms with E-state index in [1.165, 1.54) is 4.88 Å². The quantitative estimate of drug-likeness (QED) is 0.842. The number of aromatic nitrogens is 1. The monoisotopic (exact) mass is 304 g/mol. The van der Waals surface area contributed by atoms with Crippen LogP contribution in [-0.4, -0.2) is 17.1 Å². The number of ether oxygens (including phenoxy) is 1. The summed E-state index contributed by atoms with van der Waals surface area (Å²) < 4.78 is 5.17. The van der Waals surface area contributed by atoms with Gasteiger partial charge in [-0.15, -0.1) is 11.3 Å². The summed E-state index contributed by atoms with van der Waals surface area (Å²) >= 11 is 1.64. The van der Waals surface area contributed by atoms with Gasteiger partial charge in [0.25, 0.3) is 0 Å². The van der Waals surface area contributed by atoms with Crippen LogP contribution >= 0.6 is 11.3 Å². The number of carbonyl (C=O) groups excluding carboxylic acids is 1. The maximum Gasteiger partial charge on any atom is 0.338 e. The topological polar surface area (TPSA) is 51.2 Å². The first-order valence-corrected chi connectivity index (χ1v) is 7.83. The Morgan fingerprint density at radius 1 is 1.24 bits per heavy atom. The number of benzene rings is 1. The second-order valence-electron chi connectivity index (χ2n) is 5.20. The molecule has 1 atom stereocenters. The van der Waals surface area contributed by atoms with Crippen molar-refractivity contribution >= 4 is 23.0 Å². The molecule has 0 spiro atoms. The molecular formula is C16H20N2O2S. The van der Waals surface area contributed by atoms with E-state index in [0.717, 1.165) is 11.4 Å². The molecule has 2 aromatic rings. The van der Waals surface area contributed by atoms with Gasteiger partial charge in [-0.3, -0.25) is 0 Å². The molecule has 0 bridgehead atoms. The molecule has 4 nitrogen and oxygen atoms in total. The summed E-state index contributed by atoms with van der Waals surface area (Å²) in [5.74, 6) is -0.289. The van der Waals surface area contributed by atoms with E-state index in [-0.39, 0.29) is 18.1 Å². The van der Waals surface area contributed by atoms with E-state index in [2.05, 4.69) is 17.2 Å². The van der Waals surface area contributed by atoms with Crippen LogP contribution in [0.5, 0.6) is 0 Å². The van der Waals surface area contributed by atoms with Crippen molar-refractivity contribution in [3.63, 3.8) is 0 Å². The molecule has 2 rings (SSSR count). The number of nitrogens with zero attached hydrogens (tertiary/aromatic N) is 1. The fourth-order valence-electron chi connectivity index (χ4n) is 2.03. The Morgan fingerprint density at radius 2 is 1.90 bits per heavy atom. The molecular weight excluding hydrogens is 284 g/mol. The highest BCUT2D eigenvalue weighted by Crippen LogP contribution is 2.25. The van der Waals surface area contributed by atoms with Crippen molar-refractivity contribution in [1.82, 2.24) is 4.98 Å². The lowest BCUT2D eigenvalue weighted by atomic mass is 10.2. The predicted molar refractivity (Wildman–Crippen MR) is 85.9 cm³/mol. The van der Waals surface area contributed by atoms with Gasteiger partial charge in [0, 0.05) is 10.6 Å². The molecule has 112 valence electrons. The first-order chi connectivity index (χ1) is 9.97. The van der Waals surface area contributed by atoms with Gasteiger partial charge in [-0.2, -0.15) is 0 Å². The average Bonchev–Trinajstić information content (AvgIpc) is 2.85. The van der Waals surface area contributed by atoms with Crippen molar-refractivity contribution in [2.45, 2.75) is 39.8 Å². The number of thiazole rings is 1. The van der Waals surface area contributed by atoms with Crippen LogP contribution in [0, 0.1) is 6.92 Å². The number of nitrogens with one attached hydrogen (secondary N) is 1. The Hall–Kier alpha value is -1.88. The molecule has 21 heavy (non-hydrogen) atoms. The van der Waals surface area contributed by atoms with Crippen LogP contribution in [0.2, 0.25) is 0 Å². The van der Waals surface area contributed by atoms with Gasteiger partial charge < -0.3 is 10.1 Å². The Bertz CT molecular complexity index is 605. The van der Waals surface area contributed by atoms with Crippen LogP contribution in [-0.2, 0) is 4.74 Å². The third-order valence-corrected chi connectivity index (χ3v) is 4.14. The molecule has 0 aliphatic rings. The van der Waals surface area contributed by atoms with Gasteiger partial charge in [-0.1, -0.05) is 0 Å². The van der Waals surface area contributed by atoms with Crippen molar-refractivity contribution in [1.29, 1.82) is 0 Å². The summed E-state index contributed by atoms with van der Waals surface area (Å²) in [6.45, 7) is 7.79. The molecule has 0 aliphatic heterocycles. The number of hydrogen-bond acceptors (Lipinski definition) is 5. The van der Waals surface area contributed by atoms with Gasteiger partial charge in [0.2, 0.25) is 0 Å². The standard InChI is InChI=1S/C16H20N2O2S/c1-10(2)20-16(19)13-5-7-14(8-6-13)18-12(4)15-11(3)17-9-21-15/h5-10,12,18H,1-4H3. The van der Waals surface area contributed by atoms with E-state index in [1.807, 2.05) is 38.4 Å². The molecule has 1 N–H and O–H groups in total. The van der Waals surface area contributed by atoms with Crippen LogP contribution in [0.4, 0.5) is 5.69 Å². The number of aryl methyl sites for hydroxylation is 1. The molecule has 0 fully saturated rings. The van der Waals surface area contributed by atoms with Gasteiger partial charge in [0.05, 0.1) is 28.9 Å². The smallest absolute Gasteiger partial charge is 0.338 e. The SMILES string of the molecule is Cc1ncsc1C(C)Nc1ccc(C(=O)OC(C)C)cc1. The van der Waals surface area contributed by atoms with Crippen molar-refractivity contribution in [3.05, 3.63) is 45.9 Å². The Labute approximate surface area is 129 Å². The summed E-state index contributed by atoms with van der Waals surface area (Å²) in [5.41, 5.74) is 4.44. The highest BCUT2D eigenvalue weighted by Gasteiger charge is 2.12. The minimum Gasteiger partial charge on any atom is -0.459 e. The molecule has 1 aromatic carbocycles. The van der Waals surface area contributed by atoms with E-state index in [4.69, 9.17) is 4.74 Å². The normalized spacial score (nSPS) is 12.2. The second-order valence-corrected chi connectivity index (χ2v) is 6.09. The van der Waals surface area contributed by atoms with Crippen LogP contribution in [0.3, 0.4) is 0 Å². The molecule has 0 radical (unpaired) electrons. The molecule has 0 aliphatic carbocycles. The minimum atomic E-state index is -0.289. The van der Waals surface area contributed by atoms with E-state index in [9.17, 15) is 4.79 Å². The van der Waals surface area contributed by atoms with Gasteiger partial charge in [-0.05, 0) is 52.0 Å². The van der Waals surface area contributed by atoms with Crippen molar-refractivity contribution in [3.8, 4) is 0 Å². The van der Waals surface area contributed by atoms with Crippen LogP contribution in [0.1, 0.15) is 47.7 Å². The third-order valence-electron chi connectivity index (χ3n) is 3.02. The fraction of sp³-hybridized carbons (Fsp3) is 0.375. The summed E-state index contributed by atoms with van der Waals surface area (Å²) in [6.07, 6.45) is -0.107. The molecule has 1 heterocycles. The summed E-state index contributed by atoms with van der Waals surface area (Å²) in [6, 6.07) is 7.53. The van der Waals surface area contributed by atoms with Crippen LogP contribution in [0.25, 0.3) is 0 Å². The van der Waals surface area contributed by atoms with Gasteiger partial charge in [0.15, 0.2) is 0 Å². The first kappa shape index (κ1) is 15.5. The fourth-order valence-corrected chi connectivity index (χ4v) is 2.84. The lowest BCUT2D eigenvalue weighted by Gasteiger charge is -2.15. The number of rotatable bonds is 5. The lowest BCUT2D eigenvalue weighted by molar-refractivity contribution is 0.0378. The zero-order chi connectivity index (χ0) is 15.4. The second kappa shape index (κ2) is 6.72. The van der Waals surface area contributed by atoms with Crippen LogP contribution in [0.15, 0.2) is 29.8 Å². The summed E-state index contributed by atoms with van der Waals surface area (Å²) in [7, 11) is 0. The van der Waals surface area contributed by atoms with Gasteiger partial charge in [-0.25, -0.2) is 9.78 Å². The number of esters is 1. The molecule has 0 amide bonds. The maximum atomic E-state index is 11.8. The summed E-state index contributed by atoms with van der Waals surface area (Å²) in [4.78, 5) is 17.3. The highest BCUT2D eigenvalue weighted by molar-refractivity contribution is 7.09. The van der Waals surface area contributed by atoms with E-state index >= 15 is 0 Å². The Kier molecular flexibility index (Phi) is 4.96. The highest BCUT2D eigenvalue weighted by atomic mass is 32.1. The van der Waals surface area contributed by atoms with E-state index in [0.29, 0.717) is 5.56 Å². The maximum absolute atomic E-state index is 11.8. The molecule has 0 saturated carbocycles. The van der Waals surface area contributed by atoms with E-state index < -0.39 is 0 Å². The van der Waals surface area contributed by atoms with Gasteiger partial charge >= 0.3 is 5.97 Å². The average molecular weight is 304 g/mol. The largest absolute Gasteiger partial charge is 0.459 e. The minimum absolute atomic E-state index is 0.107. The van der Waals surface area contributed by atoms with Gasteiger partial charge in [0.1, 0.15) is 0 Å². The Morgan fingerprint density at radius 3 is 2.43 bits per heavy atom. The lowest BCUT2D eigenvalue weighted by Crippen LogP contribution is -2.11. The van der Waals surface area contributed by atoms with Crippen molar-refractivity contribution in [2.24, 2.45) is 0 Å². The predicted octanol–water partition coefficient (Wildman–Crippen LogP) is 4.19. The van der Waals surface area contributed by atoms with E-state index in [1.54, 1.807) is 23.5 Å². The van der Waals surface area contributed by atoms with Crippen molar-refractivity contribution < 1.29 is 9.53 Å². The van der Waals surface area contributed by atoms with Crippen molar-refractivity contribution in [2.75, 3.05) is 5.32 Å². The molecule has 1 unspecified atom stereocenters. The zero-order valence-electron chi connectivity index (χ0n) is 12.7. The van der Waals surface area contributed by atoms with Crippen LogP contribution < -0.4 is 5.32 Å². The number of carbonyl (C=O) groups is 1. The Balaban J connectivity index is 2.03. The molecule has 0 saturated heterocycles. The zero-order valence-corrected chi connectivity index (χ0v) is 13.5. The first-order valence-electron chi connectivity index (χ1n) is 6.95. The molecule has 1 aromatic heterocycles. The number of hydrogen-bond donors (Lipinski definition) is 1. The summed E-state index contributed by atoms with van der Waals surface area (Å²) in [5, 5.41) is 3.41. The third kappa shape index (κ3) is 4.04.